The van der Waals surface area contributed by atoms with Crippen LogP contribution in [0.1, 0.15) is 128 Å². The summed E-state index contributed by atoms with van der Waals surface area (Å²) in [6, 6.07) is 16.5. The van der Waals surface area contributed by atoms with Gasteiger partial charge in [0.25, 0.3) is 11.8 Å². The van der Waals surface area contributed by atoms with Crippen molar-refractivity contribution in [1.82, 2.24) is 39.5 Å². The molecule has 0 radical (unpaired) electrons. The fraction of sp³-hybridized carbons (Fsp3) is 0.508. The molecule has 7 aliphatic rings. The minimum absolute atomic E-state index is 0.0704. The zero-order valence-electron chi connectivity index (χ0n) is 46.1. The van der Waals surface area contributed by atoms with Gasteiger partial charge in [-0.1, -0.05) is 38.0 Å². The summed E-state index contributed by atoms with van der Waals surface area (Å²) in [7, 11) is 0. The third kappa shape index (κ3) is 9.15. The summed E-state index contributed by atoms with van der Waals surface area (Å²) >= 11 is 0. The van der Waals surface area contributed by atoms with E-state index in [-0.39, 0.29) is 59.9 Å². The Morgan fingerprint density at radius 2 is 1.63 bits per heavy atom. The zero-order chi connectivity index (χ0) is 55.0. The van der Waals surface area contributed by atoms with Crippen LogP contribution in [0.4, 0.5) is 27.3 Å². The number of aromatic nitrogens is 3. The van der Waals surface area contributed by atoms with Gasteiger partial charge in [0.05, 0.1) is 51.4 Å². The Balaban J connectivity index is 0.733. The van der Waals surface area contributed by atoms with Gasteiger partial charge in [-0.3, -0.25) is 39.0 Å². The molecular formula is C61H72FN11O6. The third-order valence-corrected chi connectivity index (χ3v) is 18.7. The maximum Gasteiger partial charge on any atom is 0.264 e. The molecule has 8 heterocycles. The van der Waals surface area contributed by atoms with Crippen LogP contribution in [0, 0.1) is 31.5 Å². The van der Waals surface area contributed by atoms with Crippen molar-refractivity contribution in [2.24, 2.45) is 11.8 Å². The highest BCUT2D eigenvalue weighted by Gasteiger charge is 2.56. The van der Waals surface area contributed by atoms with Crippen LogP contribution >= 0.6 is 0 Å². The van der Waals surface area contributed by atoms with Gasteiger partial charge in [-0.2, -0.15) is 0 Å². The predicted octanol–water partition coefficient (Wildman–Crippen LogP) is 7.90. The molecule has 2 atom stereocenters. The number of piperidine rings is 2. The second kappa shape index (κ2) is 20.9. The average molecular weight is 1070 g/mol. The molecule has 4 saturated heterocycles. The van der Waals surface area contributed by atoms with Gasteiger partial charge in [-0.05, 0) is 151 Å². The first-order valence-electron chi connectivity index (χ1n) is 28.8. The molecule has 0 bridgehead atoms. The summed E-state index contributed by atoms with van der Waals surface area (Å²) in [5.41, 5.74) is 7.64. The summed E-state index contributed by atoms with van der Waals surface area (Å²) in [5.74, 6) is -1.14. The van der Waals surface area contributed by atoms with Crippen LogP contribution in [0.3, 0.4) is 0 Å². The number of nitrogens with zero attached hydrogens (tertiary/aromatic N) is 9. The number of aryl methyl sites for hydroxylation is 2. The van der Waals surface area contributed by atoms with Gasteiger partial charge in [0.1, 0.15) is 17.4 Å². The first-order chi connectivity index (χ1) is 38.2. The van der Waals surface area contributed by atoms with E-state index < -0.39 is 29.2 Å². The highest BCUT2D eigenvalue weighted by atomic mass is 19.1. The Bertz CT molecular complexity index is 3280. The SMILES string of the molecule is CCCC(C(=O)NC=O)N1C(=O)c2cccc(N3CCC(CN4CC(C(=O)N5CCC6(CC5)C(=O)N(C5CC(N7CCCCC7)C5)c5cc(-c7cc8ncn(C(C)C)c8c(Nc8cc(C)c(C)cc8F)n7)ccc56)C4)C3)c2C1=O. The van der Waals surface area contributed by atoms with Crippen molar-refractivity contribution in [3.63, 3.8) is 0 Å². The molecule has 6 aliphatic heterocycles. The lowest BCUT2D eigenvalue weighted by atomic mass is 9.73. The van der Waals surface area contributed by atoms with Crippen molar-refractivity contribution in [2.45, 2.75) is 128 Å². The first-order valence-corrected chi connectivity index (χ1v) is 28.8. The minimum atomic E-state index is -1.08. The van der Waals surface area contributed by atoms with E-state index in [1.54, 1.807) is 18.2 Å². The van der Waals surface area contributed by atoms with E-state index in [0.29, 0.717) is 93.0 Å². The summed E-state index contributed by atoms with van der Waals surface area (Å²) in [6.07, 6.45) is 10.4. The molecule has 414 valence electrons. The molecule has 2 aromatic heterocycles. The van der Waals surface area contributed by atoms with E-state index in [4.69, 9.17) is 9.97 Å². The number of carbonyl (C=O) groups is 6. The van der Waals surface area contributed by atoms with Gasteiger partial charge in [0.15, 0.2) is 5.82 Å². The van der Waals surface area contributed by atoms with Gasteiger partial charge < -0.3 is 34.4 Å². The summed E-state index contributed by atoms with van der Waals surface area (Å²) in [4.78, 5) is 103. The number of imide groups is 2. The third-order valence-electron chi connectivity index (χ3n) is 18.7. The summed E-state index contributed by atoms with van der Waals surface area (Å²) in [5, 5.41) is 5.48. The van der Waals surface area contributed by atoms with Crippen LogP contribution in [0.5, 0.6) is 0 Å². The maximum absolute atomic E-state index is 15.6. The number of rotatable bonds is 15. The molecule has 79 heavy (non-hydrogen) atoms. The topological polar surface area (TPSA) is 177 Å². The van der Waals surface area contributed by atoms with Crippen LogP contribution in [-0.4, -0.2) is 147 Å². The molecule has 12 rings (SSSR count). The maximum atomic E-state index is 15.6. The summed E-state index contributed by atoms with van der Waals surface area (Å²) in [6.45, 7) is 16.6. The van der Waals surface area contributed by atoms with Crippen molar-refractivity contribution in [3.05, 3.63) is 94.6 Å². The molecule has 3 aromatic carbocycles. The molecule has 5 aromatic rings. The number of nitrogens with one attached hydrogen (secondary N) is 2. The van der Waals surface area contributed by atoms with Crippen LogP contribution in [0.15, 0.2) is 60.9 Å². The molecule has 5 fully saturated rings. The number of carbonyl (C=O) groups excluding carboxylic acids is 6. The highest BCUT2D eigenvalue weighted by Crippen LogP contribution is 2.52. The number of benzene rings is 3. The number of hydrogen-bond donors (Lipinski definition) is 2. The Hall–Kier alpha value is -7.05. The van der Waals surface area contributed by atoms with Crippen LogP contribution in [-0.2, 0) is 24.6 Å². The first kappa shape index (κ1) is 52.6. The van der Waals surface area contributed by atoms with Crippen LogP contribution < -0.4 is 20.4 Å². The fourth-order valence-corrected chi connectivity index (χ4v) is 14.1. The highest BCUT2D eigenvalue weighted by molar-refractivity contribution is 6.25. The second-order valence-corrected chi connectivity index (χ2v) is 23.8. The van der Waals surface area contributed by atoms with Gasteiger partial charge in [0.2, 0.25) is 24.1 Å². The lowest BCUT2D eigenvalue weighted by Gasteiger charge is -2.48. The van der Waals surface area contributed by atoms with E-state index in [2.05, 4.69) is 66.8 Å². The molecular weight excluding hydrogens is 1000 g/mol. The number of amides is 6. The van der Waals surface area contributed by atoms with Crippen molar-refractivity contribution >= 4 is 69.9 Å². The number of fused-ring (bicyclic) bond motifs is 4. The van der Waals surface area contributed by atoms with E-state index in [1.807, 2.05) is 50.2 Å². The molecule has 1 aliphatic carbocycles. The van der Waals surface area contributed by atoms with Gasteiger partial charge in [-0.25, -0.2) is 14.4 Å². The van der Waals surface area contributed by atoms with Crippen LogP contribution in [0.25, 0.3) is 22.3 Å². The number of anilines is 4. The Morgan fingerprint density at radius 3 is 2.37 bits per heavy atom. The van der Waals surface area contributed by atoms with Gasteiger partial charge in [0, 0.05) is 75.2 Å². The molecule has 18 heteroatoms. The van der Waals surface area contributed by atoms with Crippen molar-refractivity contribution < 1.29 is 33.2 Å². The molecule has 1 saturated carbocycles. The number of pyridine rings is 1. The molecule has 1 spiro atoms. The lowest BCUT2D eigenvalue weighted by molar-refractivity contribution is -0.144. The molecule has 2 N–H and O–H groups in total. The predicted molar refractivity (Wildman–Crippen MR) is 300 cm³/mol. The van der Waals surface area contributed by atoms with Gasteiger partial charge in [-0.15, -0.1) is 0 Å². The zero-order valence-corrected chi connectivity index (χ0v) is 46.1. The van der Waals surface area contributed by atoms with E-state index in [9.17, 15) is 24.0 Å². The Labute approximate surface area is 460 Å². The van der Waals surface area contributed by atoms with Crippen molar-refractivity contribution in [3.8, 4) is 11.3 Å². The van der Waals surface area contributed by atoms with E-state index >= 15 is 9.18 Å². The smallest absolute Gasteiger partial charge is 0.264 e. The Morgan fingerprint density at radius 1 is 0.873 bits per heavy atom. The monoisotopic (exact) mass is 1070 g/mol. The molecule has 2 unspecified atom stereocenters. The quantitative estimate of drug-likeness (QED) is 0.0767. The number of likely N-dealkylation sites (tertiary alicyclic amines) is 3. The van der Waals surface area contributed by atoms with Crippen molar-refractivity contribution in [1.29, 1.82) is 0 Å². The van der Waals surface area contributed by atoms with Crippen LogP contribution in [0.2, 0.25) is 0 Å². The fourth-order valence-electron chi connectivity index (χ4n) is 14.1. The molecule has 17 nitrogen and oxygen atoms in total. The van der Waals surface area contributed by atoms with Crippen molar-refractivity contribution in [2.75, 3.05) is 74.0 Å². The largest absolute Gasteiger partial charge is 0.371 e. The Kier molecular flexibility index (Phi) is 13.9. The van der Waals surface area contributed by atoms with E-state index in [0.717, 1.165) is 82.8 Å². The number of hydrogen-bond acceptors (Lipinski definition) is 12. The lowest BCUT2D eigenvalue weighted by Crippen LogP contribution is -2.60. The second-order valence-electron chi connectivity index (χ2n) is 23.8. The molecule has 6 amide bonds. The van der Waals surface area contributed by atoms with E-state index in [1.165, 1.54) is 19.3 Å². The average Bonchev–Trinajstić information content (AvgIpc) is 3.55. The van der Waals surface area contributed by atoms with Gasteiger partial charge >= 0.3 is 0 Å². The summed E-state index contributed by atoms with van der Waals surface area (Å²) < 4.78 is 17.6. The number of halogens is 1. The number of imidazole rings is 1. The standard InChI is InChI=1S/C61H72FN11O6/c1-6-11-51(56(75)64-35-74)73-58(77)44-12-10-13-50(53(44)59(73)78)70-21-16-39(31-70)30-67-32-41(33-67)57(76)69-22-17-61(18-23-69)45-15-14-40(26-52(45)72(60(61)79)43-27-42(28-43)68-19-8-7-9-20-68)47-29-49-54(71(34-63-49)36(2)3)55(65-47)66-48-25-38(5)37(4)24-46(48)62/h10,12-15,24-26,29,34-36,39,41-43,51H,6-9,11,16-23,27-28,30-33H2,1-5H3,(H,65,66)(H,64,74,75). The normalized spacial score (nSPS) is 22.7. The minimum Gasteiger partial charge on any atom is -0.371 e.